The second-order valence-electron chi connectivity index (χ2n) is 5.15. The molecule has 1 aliphatic carbocycles. The number of anilines is 1. The van der Waals surface area contributed by atoms with Gasteiger partial charge in [0.2, 0.25) is 0 Å². The first-order valence-electron chi connectivity index (χ1n) is 6.86. The zero-order valence-corrected chi connectivity index (χ0v) is 13.7. The van der Waals surface area contributed by atoms with E-state index in [2.05, 4.69) is 17.2 Å². The van der Waals surface area contributed by atoms with Crippen molar-refractivity contribution in [1.29, 1.82) is 0 Å². The SMILES string of the molecule is CCNc1nc(SC2CCCC(C)C2)c(Cl)cc1Cl. The summed E-state index contributed by atoms with van der Waals surface area (Å²) in [5.74, 6) is 1.55. The van der Waals surface area contributed by atoms with E-state index in [9.17, 15) is 0 Å². The number of thioether (sulfide) groups is 1. The minimum atomic E-state index is 0.591. The van der Waals surface area contributed by atoms with Crippen molar-refractivity contribution in [1.82, 2.24) is 4.98 Å². The van der Waals surface area contributed by atoms with Crippen LogP contribution in [0.4, 0.5) is 5.82 Å². The first kappa shape index (κ1) is 15.3. The highest BCUT2D eigenvalue weighted by atomic mass is 35.5. The summed E-state index contributed by atoms with van der Waals surface area (Å²) in [7, 11) is 0. The van der Waals surface area contributed by atoms with Crippen molar-refractivity contribution in [2.24, 2.45) is 5.92 Å². The van der Waals surface area contributed by atoms with Crippen LogP contribution in [-0.2, 0) is 0 Å². The predicted octanol–water partition coefficient (Wildman–Crippen LogP) is 5.49. The Balaban J connectivity index is 2.12. The number of hydrogen-bond acceptors (Lipinski definition) is 3. The molecule has 2 rings (SSSR count). The van der Waals surface area contributed by atoms with Gasteiger partial charge in [-0.1, -0.05) is 43.0 Å². The average Bonchev–Trinajstić information content (AvgIpc) is 2.35. The Hall–Kier alpha value is -0.120. The Morgan fingerprint density at radius 2 is 2.16 bits per heavy atom. The van der Waals surface area contributed by atoms with Crippen LogP contribution in [0.1, 0.15) is 39.5 Å². The normalized spacial score (nSPS) is 23.4. The van der Waals surface area contributed by atoms with Crippen molar-refractivity contribution in [2.45, 2.75) is 49.8 Å². The van der Waals surface area contributed by atoms with Gasteiger partial charge in [0.05, 0.1) is 10.0 Å². The Kier molecular flexibility index (Phi) is 5.67. The standard InChI is InChI=1S/C14H20Cl2N2S/c1-3-17-13-11(15)8-12(16)14(18-13)19-10-6-4-5-9(2)7-10/h8-10H,3-7H2,1-2H3,(H,17,18). The fraction of sp³-hybridized carbons (Fsp3) is 0.643. The molecule has 1 saturated carbocycles. The molecule has 2 unspecified atom stereocenters. The summed E-state index contributed by atoms with van der Waals surface area (Å²) in [5.41, 5.74) is 0. The fourth-order valence-corrected chi connectivity index (χ4v) is 4.37. The highest BCUT2D eigenvalue weighted by Gasteiger charge is 2.22. The lowest BCUT2D eigenvalue weighted by Crippen LogP contribution is -2.15. The summed E-state index contributed by atoms with van der Waals surface area (Å²) in [6.45, 7) is 5.16. The largest absolute Gasteiger partial charge is 0.369 e. The van der Waals surface area contributed by atoms with Crippen LogP contribution in [0, 0.1) is 5.92 Å². The molecule has 0 aliphatic heterocycles. The number of halogens is 2. The molecule has 1 fully saturated rings. The van der Waals surface area contributed by atoms with Crippen LogP contribution < -0.4 is 5.32 Å². The van der Waals surface area contributed by atoms with E-state index in [0.717, 1.165) is 23.3 Å². The molecule has 2 atom stereocenters. The highest BCUT2D eigenvalue weighted by molar-refractivity contribution is 8.00. The van der Waals surface area contributed by atoms with Gasteiger partial charge in [-0.05, 0) is 31.7 Å². The third-order valence-electron chi connectivity index (χ3n) is 3.41. The van der Waals surface area contributed by atoms with E-state index in [1.165, 1.54) is 25.7 Å². The third kappa shape index (κ3) is 4.17. The van der Waals surface area contributed by atoms with Gasteiger partial charge in [0.1, 0.15) is 10.8 Å². The fourth-order valence-electron chi connectivity index (χ4n) is 2.47. The zero-order chi connectivity index (χ0) is 13.8. The van der Waals surface area contributed by atoms with Gasteiger partial charge < -0.3 is 5.32 Å². The van der Waals surface area contributed by atoms with Gasteiger partial charge in [0.15, 0.2) is 0 Å². The van der Waals surface area contributed by atoms with Crippen molar-refractivity contribution in [2.75, 3.05) is 11.9 Å². The van der Waals surface area contributed by atoms with E-state index in [0.29, 0.717) is 15.3 Å². The van der Waals surface area contributed by atoms with Crippen molar-refractivity contribution in [3.8, 4) is 0 Å². The summed E-state index contributed by atoms with van der Waals surface area (Å²) in [6.07, 6.45) is 5.17. The Morgan fingerprint density at radius 1 is 1.37 bits per heavy atom. The van der Waals surface area contributed by atoms with Crippen LogP contribution in [-0.4, -0.2) is 16.8 Å². The Morgan fingerprint density at radius 3 is 2.84 bits per heavy atom. The molecular formula is C14H20Cl2N2S. The number of aromatic nitrogens is 1. The Bertz CT molecular complexity index is 440. The van der Waals surface area contributed by atoms with Gasteiger partial charge in [-0.3, -0.25) is 0 Å². The van der Waals surface area contributed by atoms with E-state index in [4.69, 9.17) is 23.2 Å². The van der Waals surface area contributed by atoms with Crippen LogP contribution in [0.5, 0.6) is 0 Å². The molecule has 2 nitrogen and oxygen atoms in total. The molecule has 0 spiro atoms. The maximum atomic E-state index is 6.26. The van der Waals surface area contributed by atoms with Crippen LogP contribution >= 0.6 is 35.0 Å². The Labute approximate surface area is 129 Å². The van der Waals surface area contributed by atoms with E-state index >= 15 is 0 Å². The molecule has 106 valence electrons. The van der Waals surface area contributed by atoms with Crippen LogP contribution in [0.25, 0.3) is 0 Å². The van der Waals surface area contributed by atoms with E-state index < -0.39 is 0 Å². The second kappa shape index (κ2) is 7.05. The van der Waals surface area contributed by atoms with Crippen molar-refractivity contribution >= 4 is 40.8 Å². The van der Waals surface area contributed by atoms with Crippen LogP contribution in [0.3, 0.4) is 0 Å². The predicted molar refractivity (Wildman–Crippen MR) is 85.7 cm³/mol. The molecule has 1 aromatic rings. The summed E-state index contributed by atoms with van der Waals surface area (Å²) >= 11 is 14.2. The second-order valence-corrected chi connectivity index (χ2v) is 7.25. The van der Waals surface area contributed by atoms with Gasteiger partial charge >= 0.3 is 0 Å². The van der Waals surface area contributed by atoms with Gasteiger partial charge in [-0.25, -0.2) is 4.98 Å². The van der Waals surface area contributed by atoms with E-state index in [-0.39, 0.29) is 0 Å². The molecule has 1 aliphatic rings. The third-order valence-corrected chi connectivity index (χ3v) is 5.39. The maximum absolute atomic E-state index is 6.26. The molecule has 1 aromatic heterocycles. The lowest BCUT2D eigenvalue weighted by Gasteiger charge is -2.26. The van der Waals surface area contributed by atoms with Gasteiger partial charge in [0.25, 0.3) is 0 Å². The number of nitrogens with one attached hydrogen (secondary N) is 1. The molecule has 0 radical (unpaired) electrons. The van der Waals surface area contributed by atoms with Gasteiger partial charge in [-0.2, -0.15) is 0 Å². The highest BCUT2D eigenvalue weighted by Crippen LogP contribution is 2.39. The molecule has 0 bridgehead atoms. The smallest absolute Gasteiger partial charge is 0.146 e. The van der Waals surface area contributed by atoms with Gasteiger partial charge in [-0.15, -0.1) is 11.8 Å². The van der Waals surface area contributed by atoms with Crippen LogP contribution in [0.2, 0.25) is 10.0 Å². The monoisotopic (exact) mass is 318 g/mol. The quantitative estimate of drug-likeness (QED) is 0.794. The van der Waals surface area contributed by atoms with Crippen LogP contribution in [0.15, 0.2) is 11.1 Å². The van der Waals surface area contributed by atoms with Crippen molar-refractivity contribution < 1.29 is 0 Å². The molecule has 1 N–H and O–H groups in total. The zero-order valence-electron chi connectivity index (χ0n) is 11.4. The van der Waals surface area contributed by atoms with Crippen molar-refractivity contribution in [3.05, 3.63) is 16.1 Å². The minimum absolute atomic E-state index is 0.591. The first-order chi connectivity index (χ1) is 9.10. The number of pyridine rings is 1. The minimum Gasteiger partial charge on any atom is -0.369 e. The molecule has 19 heavy (non-hydrogen) atoms. The van der Waals surface area contributed by atoms with Crippen molar-refractivity contribution in [3.63, 3.8) is 0 Å². The topological polar surface area (TPSA) is 24.9 Å². The molecule has 5 heteroatoms. The molecule has 1 heterocycles. The summed E-state index contributed by atoms with van der Waals surface area (Å²) in [4.78, 5) is 4.57. The average molecular weight is 319 g/mol. The number of rotatable bonds is 4. The number of hydrogen-bond donors (Lipinski definition) is 1. The summed E-state index contributed by atoms with van der Waals surface area (Å²) in [5, 5.41) is 5.96. The van der Waals surface area contributed by atoms with E-state index in [1.807, 2.05) is 6.92 Å². The summed E-state index contributed by atoms with van der Waals surface area (Å²) < 4.78 is 0. The number of nitrogens with zero attached hydrogens (tertiary/aromatic N) is 1. The molecular weight excluding hydrogens is 299 g/mol. The summed E-state index contributed by atoms with van der Waals surface area (Å²) in [6, 6.07) is 1.79. The first-order valence-corrected chi connectivity index (χ1v) is 8.50. The molecule has 0 aromatic carbocycles. The molecule has 0 amide bonds. The van der Waals surface area contributed by atoms with E-state index in [1.54, 1.807) is 17.8 Å². The lowest BCUT2D eigenvalue weighted by atomic mass is 9.91. The van der Waals surface area contributed by atoms with Gasteiger partial charge in [0, 0.05) is 11.8 Å². The molecule has 0 saturated heterocycles. The maximum Gasteiger partial charge on any atom is 0.146 e. The lowest BCUT2D eigenvalue weighted by molar-refractivity contribution is 0.394.